The Morgan fingerprint density at radius 2 is 2.11 bits per heavy atom. The molecule has 1 aromatic heterocycles. The molecular formula is C12H13N5O. The molecule has 0 saturated heterocycles. The molecule has 2 aromatic rings. The molecule has 92 valence electrons. The Labute approximate surface area is 104 Å². The number of aromatic nitrogens is 2. The van der Waals surface area contributed by atoms with E-state index >= 15 is 0 Å². The second-order valence-corrected chi connectivity index (χ2v) is 3.68. The molecular weight excluding hydrogens is 230 g/mol. The molecule has 0 spiro atoms. The van der Waals surface area contributed by atoms with Gasteiger partial charge in [-0.2, -0.15) is 10.2 Å². The van der Waals surface area contributed by atoms with Crippen molar-refractivity contribution in [1.82, 2.24) is 15.2 Å². The van der Waals surface area contributed by atoms with Gasteiger partial charge in [-0.15, -0.1) is 0 Å². The number of nitrogens with zero attached hydrogens (tertiary/aromatic N) is 3. The van der Waals surface area contributed by atoms with E-state index in [9.17, 15) is 4.79 Å². The van der Waals surface area contributed by atoms with Gasteiger partial charge in [0.15, 0.2) is 0 Å². The summed E-state index contributed by atoms with van der Waals surface area (Å²) in [6.45, 7) is 1.77. The fourth-order valence-electron chi connectivity index (χ4n) is 1.44. The molecule has 1 aromatic carbocycles. The smallest absolute Gasteiger partial charge is 0.332 e. The van der Waals surface area contributed by atoms with Gasteiger partial charge in [-0.1, -0.05) is 18.2 Å². The monoisotopic (exact) mass is 243 g/mol. The Kier molecular flexibility index (Phi) is 3.38. The lowest BCUT2D eigenvalue weighted by atomic mass is 10.2. The zero-order chi connectivity index (χ0) is 13.0. The van der Waals surface area contributed by atoms with Gasteiger partial charge in [-0.05, 0) is 19.1 Å². The standard InChI is InChI=1S/C12H13N5O/c1-9(15-16-12(13)18)10-7-14-17(8-10)11-5-3-2-4-6-11/h2-8H,1H3,(H3,13,16,18)/b15-9-. The van der Waals surface area contributed by atoms with Gasteiger partial charge in [0, 0.05) is 11.8 Å². The van der Waals surface area contributed by atoms with E-state index in [4.69, 9.17) is 5.73 Å². The highest BCUT2D eigenvalue weighted by Crippen LogP contribution is 2.08. The van der Waals surface area contributed by atoms with Gasteiger partial charge in [0.1, 0.15) is 0 Å². The average Bonchev–Trinajstić information content (AvgIpc) is 2.86. The van der Waals surface area contributed by atoms with E-state index in [1.807, 2.05) is 36.5 Å². The van der Waals surface area contributed by atoms with Gasteiger partial charge < -0.3 is 5.73 Å². The molecule has 6 nitrogen and oxygen atoms in total. The largest absolute Gasteiger partial charge is 0.350 e. The molecule has 18 heavy (non-hydrogen) atoms. The van der Waals surface area contributed by atoms with Crippen molar-refractivity contribution in [3.63, 3.8) is 0 Å². The number of hydrogen-bond acceptors (Lipinski definition) is 3. The summed E-state index contributed by atoms with van der Waals surface area (Å²) in [5, 5.41) is 8.07. The van der Waals surface area contributed by atoms with Crippen LogP contribution in [0.4, 0.5) is 4.79 Å². The predicted molar refractivity (Wildman–Crippen MR) is 68.5 cm³/mol. The SMILES string of the molecule is C/C(=N/NC(N)=O)c1cnn(-c2ccccc2)c1. The summed E-state index contributed by atoms with van der Waals surface area (Å²) in [6, 6.07) is 9.02. The number of carbonyl (C=O) groups excluding carboxylic acids is 1. The summed E-state index contributed by atoms with van der Waals surface area (Å²) in [5.41, 5.74) is 9.53. The molecule has 0 saturated carbocycles. The molecule has 0 aliphatic carbocycles. The predicted octanol–water partition coefficient (Wildman–Crippen LogP) is 1.26. The molecule has 0 aliphatic rings. The van der Waals surface area contributed by atoms with Crippen LogP contribution in [0.2, 0.25) is 0 Å². The van der Waals surface area contributed by atoms with Crippen molar-refractivity contribution in [2.24, 2.45) is 10.8 Å². The van der Waals surface area contributed by atoms with Gasteiger partial charge in [0.05, 0.1) is 17.6 Å². The second kappa shape index (κ2) is 5.13. The Bertz CT molecular complexity index is 573. The van der Waals surface area contributed by atoms with Crippen molar-refractivity contribution in [3.05, 3.63) is 48.3 Å². The lowest BCUT2D eigenvalue weighted by Gasteiger charge is -1.99. The van der Waals surface area contributed by atoms with Crippen LogP contribution in [0.5, 0.6) is 0 Å². The highest BCUT2D eigenvalue weighted by Gasteiger charge is 2.03. The first-order valence-corrected chi connectivity index (χ1v) is 5.37. The Hall–Kier alpha value is -2.63. The molecule has 0 bridgehead atoms. The molecule has 0 aliphatic heterocycles. The lowest BCUT2D eigenvalue weighted by Crippen LogP contribution is -2.25. The Morgan fingerprint density at radius 1 is 1.39 bits per heavy atom. The number of benzene rings is 1. The molecule has 0 radical (unpaired) electrons. The van der Waals surface area contributed by atoms with Crippen LogP contribution < -0.4 is 11.2 Å². The molecule has 0 fully saturated rings. The highest BCUT2D eigenvalue weighted by molar-refractivity contribution is 5.98. The van der Waals surface area contributed by atoms with Crippen LogP contribution >= 0.6 is 0 Å². The minimum absolute atomic E-state index is 0.635. The third-order valence-electron chi connectivity index (χ3n) is 2.35. The summed E-state index contributed by atoms with van der Waals surface area (Å²) in [5.74, 6) is 0. The van der Waals surface area contributed by atoms with Crippen molar-refractivity contribution >= 4 is 11.7 Å². The van der Waals surface area contributed by atoms with Gasteiger partial charge in [0.25, 0.3) is 0 Å². The van der Waals surface area contributed by atoms with Crippen LogP contribution in [0.3, 0.4) is 0 Å². The fraction of sp³-hybridized carbons (Fsp3) is 0.0833. The number of rotatable bonds is 3. The molecule has 0 unspecified atom stereocenters. The van der Waals surface area contributed by atoms with E-state index in [0.29, 0.717) is 5.71 Å². The zero-order valence-electron chi connectivity index (χ0n) is 9.87. The normalized spacial score (nSPS) is 11.3. The maximum absolute atomic E-state index is 10.5. The fourth-order valence-corrected chi connectivity index (χ4v) is 1.44. The van der Waals surface area contributed by atoms with E-state index in [2.05, 4.69) is 15.6 Å². The van der Waals surface area contributed by atoms with Crippen LogP contribution in [-0.4, -0.2) is 21.5 Å². The van der Waals surface area contributed by atoms with E-state index in [0.717, 1.165) is 11.3 Å². The Morgan fingerprint density at radius 3 is 2.78 bits per heavy atom. The van der Waals surface area contributed by atoms with Crippen molar-refractivity contribution in [2.75, 3.05) is 0 Å². The second-order valence-electron chi connectivity index (χ2n) is 3.68. The van der Waals surface area contributed by atoms with Crippen LogP contribution in [0.1, 0.15) is 12.5 Å². The summed E-state index contributed by atoms with van der Waals surface area (Å²) in [6.07, 6.45) is 3.51. The quantitative estimate of drug-likeness (QED) is 0.628. The van der Waals surface area contributed by atoms with Gasteiger partial charge in [0.2, 0.25) is 0 Å². The van der Waals surface area contributed by atoms with Crippen molar-refractivity contribution < 1.29 is 4.79 Å². The van der Waals surface area contributed by atoms with Crippen LogP contribution in [0.25, 0.3) is 5.69 Å². The maximum atomic E-state index is 10.5. The third-order valence-corrected chi connectivity index (χ3v) is 2.35. The lowest BCUT2D eigenvalue weighted by molar-refractivity contribution is 0.249. The number of amides is 2. The maximum Gasteiger partial charge on any atom is 0.332 e. The van der Waals surface area contributed by atoms with Gasteiger partial charge >= 0.3 is 6.03 Å². The average molecular weight is 243 g/mol. The first-order valence-electron chi connectivity index (χ1n) is 5.37. The molecule has 3 N–H and O–H groups in total. The van der Waals surface area contributed by atoms with Crippen LogP contribution in [0, 0.1) is 0 Å². The minimum Gasteiger partial charge on any atom is -0.350 e. The molecule has 2 rings (SSSR count). The van der Waals surface area contributed by atoms with Crippen molar-refractivity contribution in [2.45, 2.75) is 6.92 Å². The van der Waals surface area contributed by atoms with Gasteiger partial charge in [-0.3, -0.25) is 0 Å². The number of hydrogen-bond donors (Lipinski definition) is 2. The highest BCUT2D eigenvalue weighted by atomic mass is 16.2. The zero-order valence-corrected chi connectivity index (χ0v) is 9.87. The topological polar surface area (TPSA) is 85.3 Å². The minimum atomic E-state index is -0.690. The van der Waals surface area contributed by atoms with Crippen LogP contribution in [-0.2, 0) is 0 Å². The first-order chi connectivity index (χ1) is 8.66. The van der Waals surface area contributed by atoms with E-state index in [1.165, 1.54) is 0 Å². The van der Waals surface area contributed by atoms with E-state index in [1.54, 1.807) is 17.8 Å². The number of primary amides is 1. The summed E-state index contributed by atoms with van der Waals surface area (Å²) >= 11 is 0. The van der Waals surface area contributed by atoms with Gasteiger partial charge in [-0.25, -0.2) is 14.9 Å². The summed E-state index contributed by atoms with van der Waals surface area (Å²) in [4.78, 5) is 10.5. The molecule has 1 heterocycles. The Balaban J connectivity index is 2.21. The summed E-state index contributed by atoms with van der Waals surface area (Å²) < 4.78 is 1.73. The van der Waals surface area contributed by atoms with Crippen LogP contribution in [0.15, 0.2) is 47.8 Å². The third kappa shape index (κ3) is 2.73. The molecule has 0 atom stereocenters. The molecule has 2 amide bonds. The number of nitrogens with two attached hydrogens (primary N) is 1. The number of carbonyl (C=O) groups is 1. The number of hydrazone groups is 1. The van der Waals surface area contributed by atoms with E-state index in [-0.39, 0.29) is 0 Å². The summed E-state index contributed by atoms with van der Waals surface area (Å²) in [7, 11) is 0. The number of nitrogens with one attached hydrogen (secondary N) is 1. The first kappa shape index (κ1) is 11.8. The number of para-hydroxylation sites is 1. The van der Waals surface area contributed by atoms with Crippen molar-refractivity contribution in [3.8, 4) is 5.69 Å². The number of urea groups is 1. The molecule has 6 heteroatoms. The van der Waals surface area contributed by atoms with Crippen molar-refractivity contribution in [1.29, 1.82) is 0 Å². The van der Waals surface area contributed by atoms with E-state index < -0.39 is 6.03 Å².